The molecule has 0 unspecified atom stereocenters. The van der Waals surface area contributed by atoms with Crippen molar-refractivity contribution in [3.63, 3.8) is 0 Å². The number of carboxylic acid groups (broad SMARTS) is 1. The van der Waals surface area contributed by atoms with E-state index in [2.05, 4.69) is 10.2 Å². The van der Waals surface area contributed by atoms with Gasteiger partial charge in [0, 0.05) is 62.1 Å². The van der Waals surface area contributed by atoms with Gasteiger partial charge >= 0.3 is 12.1 Å². The zero-order chi connectivity index (χ0) is 28.8. The molecule has 2 aliphatic heterocycles. The van der Waals surface area contributed by atoms with E-state index in [1.807, 2.05) is 29.2 Å². The Bertz CT molecular complexity index is 1590. The van der Waals surface area contributed by atoms with E-state index < -0.39 is 29.4 Å². The number of anilines is 3. The maximum absolute atomic E-state index is 15.3. The minimum Gasteiger partial charge on any atom is -0.477 e. The summed E-state index contributed by atoms with van der Waals surface area (Å²) in [5.74, 6) is -2.04. The molecular formula is C29H30FN5O6. The molecule has 6 rings (SSSR count). The number of hydrogen-bond acceptors (Lipinski definition) is 7. The van der Waals surface area contributed by atoms with Gasteiger partial charge in [0.05, 0.1) is 24.3 Å². The zero-order valence-corrected chi connectivity index (χ0v) is 22.5. The summed E-state index contributed by atoms with van der Waals surface area (Å²) in [6.07, 6.45) is 2.30. The molecule has 2 amide bonds. The van der Waals surface area contributed by atoms with E-state index >= 15 is 4.39 Å². The van der Waals surface area contributed by atoms with Gasteiger partial charge in [-0.05, 0) is 49.2 Å². The van der Waals surface area contributed by atoms with Gasteiger partial charge in [-0.25, -0.2) is 14.0 Å². The van der Waals surface area contributed by atoms with Gasteiger partial charge < -0.3 is 29.5 Å². The van der Waals surface area contributed by atoms with Crippen LogP contribution >= 0.6 is 0 Å². The van der Waals surface area contributed by atoms with Gasteiger partial charge in [0.15, 0.2) is 0 Å². The number of carbonyl (C=O) groups is 3. The average Bonchev–Trinajstić information content (AvgIpc) is 3.73. The number of cyclic esters (lactones) is 1. The summed E-state index contributed by atoms with van der Waals surface area (Å²) in [7, 11) is 0. The molecule has 3 aliphatic rings. The number of aromatic nitrogens is 1. The van der Waals surface area contributed by atoms with E-state index in [0.29, 0.717) is 49.6 Å². The highest BCUT2D eigenvalue weighted by atomic mass is 19.1. The Hall–Kier alpha value is -4.61. The third kappa shape index (κ3) is 5.17. The van der Waals surface area contributed by atoms with E-state index in [4.69, 9.17) is 4.74 Å². The normalized spacial score (nSPS) is 19.0. The van der Waals surface area contributed by atoms with Crippen LogP contribution in [0.15, 0.2) is 47.4 Å². The van der Waals surface area contributed by atoms with Crippen LogP contribution in [0.25, 0.3) is 10.9 Å². The van der Waals surface area contributed by atoms with Crippen LogP contribution in [-0.2, 0) is 9.53 Å². The molecule has 12 heteroatoms. The van der Waals surface area contributed by atoms with E-state index in [0.717, 1.165) is 18.5 Å². The van der Waals surface area contributed by atoms with Crippen LogP contribution in [-0.4, -0.2) is 73.0 Å². The first kappa shape index (κ1) is 26.6. The predicted molar refractivity (Wildman–Crippen MR) is 151 cm³/mol. The lowest BCUT2D eigenvalue weighted by atomic mass is 10.1. The second-order valence-corrected chi connectivity index (χ2v) is 10.7. The number of carboxylic acids is 1. The molecule has 0 spiro atoms. The number of aromatic carboxylic acids is 1. The van der Waals surface area contributed by atoms with Crippen molar-refractivity contribution in [3.8, 4) is 0 Å². The number of nitrogens with one attached hydrogen (secondary N) is 1. The van der Waals surface area contributed by atoms with E-state index in [1.165, 1.54) is 24.1 Å². The number of nitrogens with zero attached hydrogens (tertiary/aromatic N) is 4. The monoisotopic (exact) mass is 563 g/mol. The quantitative estimate of drug-likeness (QED) is 0.450. The Labute approximate surface area is 234 Å². The highest BCUT2D eigenvalue weighted by Crippen LogP contribution is 2.38. The van der Waals surface area contributed by atoms with Gasteiger partial charge in [-0.3, -0.25) is 14.5 Å². The van der Waals surface area contributed by atoms with Gasteiger partial charge in [-0.2, -0.15) is 0 Å². The number of benzene rings is 2. The molecule has 1 atom stereocenters. The molecule has 2 N–H and O–H groups in total. The van der Waals surface area contributed by atoms with E-state index in [9.17, 15) is 24.3 Å². The van der Waals surface area contributed by atoms with Gasteiger partial charge in [-0.1, -0.05) is 0 Å². The molecule has 3 heterocycles. The smallest absolute Gasteiger partial charge is 0.414 e. The second kappa shape index (κ2) is 10.4. The van der Waals surface area contributed by atoms with Crippen LogP contribution < -0.4 is 25.4 Å². The number of piperazine rings is 1. The van der Waals surface area contributed by atoms with Gasteiger partial charge in [-0.15, -0.1) is 0 Å². The fourth-order valence-electron chi connectivity index (χ4n) is 5.55. The molecule has 2 saturated heterocycles. The van der Waals surface area contributed by atoms with Gasteiger partial charge in [0.25, 0.3) is 0 Å². The van der Waals surface area contributed by atoms with Crippen LogP contribution in [0.4, 0.5) is 26.2 Å². The molecule has 11 nitrogen and oxygen atoms in total. The molecule has 3 fully saturated rings. The summed E-state index contributed by atoms with van der Waals surface area (Å²) >= 11 is 0. The molecule has 214 valence electrons. The third-order valence-corrected chi connectivity index (χ3v) is 7.87. The Morgan fingerprint density at radius 2 is 1.68 bits per heavy atom. The first-order valence-electron chi connectivity index (χ1n) is 13.6. The number of halogens is 1. The van der Waals surface area contributed by atoms with Gasteiger partial charge in [0.1, 0.15) is 17.5 Å². The van der Waals surface area contributed by atoms with E-state index in [1.54, 1.807) is 10.6 Å². The number of amides is 2. The molecule has 2 aromatic carbocycles. The Kier molecular flexibility index (Phi) is 6.76. The lowest BCUT2D eigenvalue weighted by molar-refractivity contribution is -0.119. The van der Waals surface area contributed by atoms with Crippen molar-refractivity contribution in [2.45, 2.75) is 31.9 Å². The van der Waals surface area contributed by atoms with Crippen LogP contribution in [0, 0.1) is 5.82 Å². The van der Waals surface area contributed by atoms with Crippen molar-refractivity contribution in [1.29, 1.82) is 0 Å². The standard InChI is InChI=1S/C29H30FN5O6/c1-17(36)31-14-21-15-35(29(40)41-21)20-4-2-18(3-5-20)32-8-10-33(11-9-32)26-13-25-22(12-24(26)30)27(37)23(28(38)39)16-34(25)19-6-7-19/h2-5,12-13,16,19,21H,6-11,14-15H2,1H3,(H,31,36)(H,38,39)/t21-/m0/s1. The molecule has 3 aromatic rings. The number of fused-ring (bicyclic) bond motifs is 1. The third-order valence-electron chi connectivity index (χ3n) is 7.87. The number of pyridine rings is 1. The summed E-state index contributed by atoms with van der Waals surface area (Å²) in [4.78, 5) is 53.5. The number of rotatable bonds is 7. The molecule has 0 bridgehead atoms. The highest BCUT2D eigenvalue weighted by Gasteiger charge is 2.33. The Balaban J connectivity index is 1.15. The van der Waals surface area contributed by atoms with Crippen molar-refractivity contribution in [3.05, 3.63) is 64.2 Å². The van der Waals surface area contributed by atoms with Crippen molar-refractivity contribution in [2.75, 3.05) is 54.0 Å². The number of carbonyl (C=O) groups excluding carboxylic acids is 2. The van der Waals surface area contributed by atoms with Crippen LogP contribution in [0.5, 0.6) is 0 Å². The summed E-state index contributed by atoms with van der Waals surface area (Å²) < 4.78 is 22.5. The minimum absolute atomic E-state index is 0.0834. The van der Waals surface area contributed by atoms with Crippen molar-refractivity contribution in [2.24, 2.45) is 0 Å². The maximum Gasteiger partial charge on any atom is 0.414 e. The second-order valence-electron chi connectivity index (χ2n) is 10.7. The van der Waals surface area contributed by atoms with Crippen LogP contribution in [0.1, 0.15) is 36.2 Å². The highest BCUT2D eigenvalue weighted by molar-refractivity contribution is 5.94. The lowest BCUT2D eigenvalue weighted by Gasteiger charge is -2.37. The summed E-state index contributed by atoms with van der Waals surface area (Å²) in [5.41, 5.74) is 1.60. The van der Waals surface area contributed by atoms with Crippen LogP contribution in [0.2, 0.25) is 0 Å². The molecular weight excluding hydrogens is 533 g/mol. The van der Waals surface area contributed by atoms with Gasteiger partial charge in [0.2, 0.25) is 11.3 Å². The molecule has 0 radical (unpaired) electrons. The number of ether oxygens (including phenoxy) is 1. The molecule has 1 aromatic heterocycles. The fraction of sp³-hybridized carbons (Fsp3) is 0.379. The zero-order valence-electron chi connectivity index (χ0n) is 22.5. The van der Waals surface area contributed by atoms with E-state index in [-0.39, 0.29) is 29.4 Å². The van der Waals surface area contributed by atoms with Crippen molar-refractivity contribution < 1.29 is 28.6 Å². The first-order valence-corrected chi connectivity index (χ1v) is 13.6. The Morgan fingerprint density at radius 3 is 2.32 bits per heavy atom. The average molecular weight is 564 g/mol. The molecule has 1 aliphatic carbocycles. The van der Waals surface area contributed by atoms with Crippen molar-refractivity contribution in [1.82, 2.24) is 9.88 Å². The topological polar surface area (TPSA) is 124 Å². The fourth-order valence-corrected chi connectivity index (χ4v) is 5.55. The van der Waals surface area contributed by atoms with Crippen molar-refractivity contribution >= 4 is 45.9 Å². The Morgan fingerprint density at radius 1 is 1.02 bits per heavy atom. The minimum atomic E-state index is -1.31. The first-order chi connectivity index (χ1) is 19.7. The largest absolute Gasteiger partial charge is 0.477 e. The SMILES string of the molecule is CC(=O)NC[C@H]1CN(c2ccc(N3CCN(c4cc5c(cc4F)c(=O)c(C(=O)O)cn5C4CC4)CC3)cc2)C(=O)O1. The number of hydrogen-bond donors (Lipinski definition) is 2. The molecule has 41 heavy (non-hydrogen) atoms. The maximum atomic E-state index is 15.3. The summed E-state index contributed by atoms with van der Waals surface area (Å²) in [6, 6.07) is 10.5. The lowest BCUT2D eigenvalue weighted by Crippen LogP contribution is -2.46. The molecule has 1 saturated carbocycles. The summed E-state index contributed by atoms with van der Waals surface area (Å²) in [6.45, 7) is 4.39. The predicted octanol–water partition coefficient (Wildman–Crippen LogP) is 2.96. The van der Waals surface area contributed by atoms with Crippen LogP contribution in [0.3, 0.4) is 0 Å². The summed E-state index contributed by atoms with van der Waals surface area (Å²) in [5, 5.41) is 12.2.